The van der Waals surface area contributed by atoms with Crippen LogP contribution in [0.3, 0.4) is 0 Å². The minimum atomic E-state index is 0.0250. The number of amides is 1. The number of carbonyl (C=O) groups excluding carboxylic acids is 1. The van der Waals surface area contributed by atoms with E-state index in [1.54, 1.807) is 0 Å². The number of hydrogen-bond acceptors (Lipinski definition) is 5. The Morgan fingerprint density at radius 1 is 1.35 bits per heavy atom. The summed E-state index contributed by atoms with van der Waals surface area (Å²) in [5.41, 5.74) is 1.03. The average molecular weight is 318 g/mol. The number of carbonyl (C=O) groups is 1. The van der Waals surface area contributed by atoms with Crippen LogP contribution in [0, 0.1) is 11.8 Å². The molecule has 6 nitrogen and oxygen atoms in total. The maximum Gasteiger partial charge on any atom is 0.225 e. The first-order valence-electron chi connectivity index (χ1n) is 8.38. The van der Waals surface area contributed by atoms with Crippen molar-refractivity contribution in [2.75, 3.05) is 37.7 Å². The van der Waals surface area contributed by atoms with E-state index in [2.05, 4.69) is 47.3 Å². The van der Waals surface area contributed by atoms with Crippen molar-refractivity contribution in [2.45, 2.75) is 32.6 Å². The molecule has 0 aromatic carbocycles. The van der Waals surface area contributed by atoms with Gasteiger partial charge in [-0.1, -0.05) is 20.8 Å². The number of ether oxygens (including phenoxy) is 1. The summed E-state index contributed by atoms with van der Waals surface area (Å²) in [4.78, 5) is 14.1. The highest BCUT2D eigenvalue weighted by atomic mass is 16.5. The maximum absolute atomic E-state index is 11.9. The molecule has 0 radical (unpaired) electrons. The fraction of sp³-hybridized carbons (Fsp3) is 0.706. The van der Waals surface area contributed by atoms with Crippen LogP contribution in [0.5, 0.6) is 0 Å². The molecule has 0 spiro atoms. The molecular formula is C17H26N4O2. The normalized spacial score (nSPS) is 22.0. The van der Waals surface area contributed by atoms with Gasteiger partial charge in [-0.15, -0.1) is 5.10 Å². The van der Waals surface area contributed by atoms with Crippen LogP contribution in [0.1, 0.15) is 32.9 Å². The summed E-state index contributed by atoms with van der Waals surface area (Å²) >= 11 is 0. The molecule has 1 aromatic rings. The summed E-state index contributed by atoms with van der Waals surface area (Å²) < 4.78 is 5.25. The van der Waals surface area contributed by atoms with Crippen molar-refractivity contribution >= 4 is 11.7 Å². The van der Waals surface area contributed by atoms with Gasteiger partial charge < -0.3 is 15.0 Å². The second kappa shape index (κ2) is 6.43. The van der Waals surface area contributed by atoms with Gasteiger partial charge in [0.05, 0.1) is 18.2 Å². The third kappa shape index (κ3) is 3.80. The maximum atomic E-state index is 11.9. The molecule has 1 unspecified atom stereocenters. The molecule has 0 aliphatic carbocycles. The predicted octanol–water partition coefficient (Wildman–Crippen LogP) is 1.36. The Hall–Kier alpha value is -1.69. The summed E-state index contributed by atoms with van der Waals surface area (Å²) in [6, 6.07) is 4.09. The summed E-state index contributed by atoms with van der Waals surface area (Å²) in [5.74, 6) is 1.59. The van der Waals surface area contributed by atoms with Gasteiger partial charge in [-0.25, -0.2) is 0 Å². The first-order valence-corrected chi connectivity index (χ1v) is 8.38. The molecular weight excluding hydrogens is 292 g/mol. The van der Waals surface area contributed by atoms with Crippen LogP contribution in [0.15, 0.2) is 12.1 Å². The lowest BCUT2D eigenvalue weighted by Gasteiger charge is -2.40. The van der Waals surface area contributed by atoms with Crippen LogP contribution in [-0.2, 0) is 14.9 Å². The van der Waals surface area contributed by atoms with Crippen LogP contribution >= 0.6 is 0 Å². The molecule has 1 N–H and O–H groups in total. The Kier molecular flexibility index (Phi) is 4.53. The molecule has 0 bridgehead atoms. The van der Waals surface area contributed by atoms with Gasteiger partial charge in [-0.3, -0.25) is 4.79 Å². The van der Waals surface area contributed by atoms with Crippen molar-refractivity contribution in [1.82, 2.24) is 15.5 Å². The molecule has 2 aliphatic heterocycles. The number of rotatable bonds is 4. The zero-order valence-corrected chi connectivity index (χ0v) is 14.2. The molecule has 6 heteroatoms. The smallest absolute Gasteiger partial charge is 0.225 e. The van der Waals surface area contributed by atoms with Gasteiger partial charge in [-0.05, 0) is 18.6 Å². The van der Waals surface area contributed by atoms with Crippen molar-refractivity contribution in [3.63, 3.8) is 0 Å². The highest BCUT2D eigenvalue weighted by Crippen LogP contribution is 2.24. The molecule has 126 valence electrons. The molecule has 0 saturated carbocycles. The highest BCUT2D eigenvalue weighted by Gasteiger charge is 2.30. The topological polar surface area (TPSA) is 67.4 Å². The van der Waals surface area contributed by atoms with Crippen molar-refractivity contribution in [3.8, 4) is 0 Å². The molecule has 1 aromatic heterocycles. The first kappa shape index (κ1) is 16.2. The Morgan fingerprint density at radius 3 is 2.70 bits per heavy atom. The van der Waals surface area contributed by atoms with Crippen molar-refractivity contribution in [1.29, 1.82) is 0 Å². The molecule has 1 amide bonds. The summed E-state index contributed by atoms with van der Waals surface area (Å²) in [6.45, 7) is 10.3. The average Bonchev–Trinajstić information content (AvgIpc) is 2.99. The monoisotopic (exact) mass is 318 g/mol. The van der Waals surface area contributed by atoms with E-state index in [1.807, 2.05) is 6.07 Å². The SMILES string of the molecule is CC(C)(C)c1ccc(N2CC(CNC(=O)C3CCOC3)C2)nn1. The van der Waals surface area contributed by atoms with Crippen LogP contribution in [-0.4, -0.2) is 49.0 Å². The van der Waals surface area contributed by atoms with Gasteiger partial charge >= 0.3 is 0 Å². The molecule has 2 saturated heterocycles. The number of hydrogen-bond donors (Lipinski definition) is 1. The van der Waals surface area contributed by atoms with Crippen molar-refractivity contribution in [2.24, 2.45) is 11.8 Å². The summed E-state index contributed by atoms with van der Waals surface area (Å²) in [5, 5.41) is 11.7. The number of nitrogens with one attached hydrogen (secondary N) is 1. The Bertz CT molecular complexity index is 541. The number of nitrogens with zero attached hydrogens (tertiary/aromatic N) is 3. The predicted molar refractivity (Wildman–Crippen MR) is 88.4 cm³/mol. The van der Waals surface area contributed by atoms with E-state index in [-0.39, 0.29) is 17.2 Å². The zero-order valence-electron chi connectivity index (χ0n) is 14.2. The van der Waals surface area contributed by atoms with Crippen LogP contribution in [0.25, 0.3) is 0 Å². The molecule has 3 heterocycles. The third-order valence-electron chi connectivity index (χ3n) is 4.57. The molecule has 1 atom stereocenters. The largest absolute Gasteiger partial charge is 0.381 e. The van der Waals surface area contributed by atoms with E-state index in [0.29, 0.717) is 19.1 Å². The van der Waals surface area contributed by atoms with Gasteiger partial charge in [-0.2, -0.15) is 5.10 Å². The lowest BCUT2D eigenvalue weighted by Crippen LogP contribution is -2.52. The Balaban J connectivity index is 1.43. The fourth-order valence-corrected chi connectivity index (χ4v) is 2.91. The van der Waals surface area contributed by atoms with Gasteiger partial charge in [0.25, 0.3) is 0 Å². The van der Waals surface area contributed by atoms with Crippen LogP contribution in [0.4, 0.5) is 5.82 Å². The Morgan fingerprint density at radius 2 is 2.13 bits per heavy atom. The van der Waals surface area contributed by atoms with E-state index < -0.39 is 0 Å². The number of aromatic nitrogens is 2. The van der Waals surface area contributed by atoms with Gasteiger partial charge in [0.2, 0.25) is 5.91 Å². The van der Waals surface area contributed by atoms with Crippen LogP contribution in [0.2, 0.25) is 0 Å². The van der Waals surface area contributed by atoms with Gasteiger partial charge in [0.15, 0.2) is 5.82 Å². The lowest BCUT2D eigenvalue weighted by atomic mass is 9.92. The Labute approximate surface area is 137 Å². The van der Waals surface area contributed by atoms with E-state index in [0.717, 1.165) is 37.6 Å². The van der Waals surface area contributed by atoms with E-state index in [4.69, 9.17) is 4.74 Å². The molecule has 2 fully saturated rings. The van der Waals surface area contributed by atoms with Crippen molar-refractivity contribution < 1.29 is 9.53 Å². The second-order valence-electron chi connectivity index (χ2n) is 7.60. The van der Waals surface area contributed by atoms with Gasteiger partial charge in [0.1, 0.15) is 0 Å². The third-order valence-corrected chi connectivity index (χ3v) is 4.57. The summed E-state index contributed by atoms with van der Waals surface area (Å²) in [6.07, 6.45) is 0.846. The standard InChI is InChI=1S/C17H26N4O2/c1-17(2,3)14-4-5-15(20-19-14)21-9-12(10-21)8-18-16(22)13-6-7-23-11-13/h4-5,12-13H,6-11H2,1-3H3,(H,18,22). The molecule has 2 aliphatic rings. The van der Waals surface area contributed by atoms with Crippen LogP contribution < -0.4 is 10.2 Å². The van der Waals surface area contributed by atoms with Gasteiger partial charge in [0, 0.05) is 37.6 Å². The van der Waals surface area contributed by atoms with E-state index in [1.165, 1.54) is 0 Å². The highest BCUT2D eigenvalue weighted by molar-refractivity contribution is 5.79. The first-order chi connectivity index (χ1) is 10.9. The van der Waals surface area contributed by atoms with Crippen molar-refractivity contribution in [3.05, 3.63) is 17.8 Å². The molecule has 3 rings (SSSR count). The lowest BCUT2D eigenvalue weighted by molar-refractivity contribution is -0.125. The summed E-state index contributed by atoms with van der Waals surface area (Å²) in [7, 11) is 0. The minimum absolute atomic E-state index is 0.0250. The molecule has 23 heavy (non-hydrogen) atoms. The second-order valence-corrected chi connectivity index (χ2v) is 7.60. The number of anilines is 1. The minimum Gasteiger partial charge on any atom is -0.381 e. The zero-order chi connectivity index (χ0) is 16.4. The fourth-order valence-electron chi connectivity index (χ4n) is 2.91. The van der Waals surface area contributed by atoms with E-state index in [9.17, 15) is 4.79 Å². The van der Waals surface area contributed by atoms with E-state index >= 15 is 0 Å². The quantitative estimate of drug-likeness (QED) is 0.908.